The second-order valence-electron chi connectivity index (χ2n) is 5.95. The first-order valence-corrected chi connectivity index (χ1v) is 6.96. The van der Waals surface area contributed by atoms with Crippen molar-refractivity contribution in [3.8, 4) is 5.75 Å². The van der Waals surface area contributed by atoms with E-state index in [2.05, 4.69) is 9.80 Å². The number of rotatable bonds is 1. The molecule has 1 saturated heterocycles. The molecule has 3 atom stereocenters. The molecule has 0 radical (unpaired) electrons. The second-order valence-corrected chi connectivity index (χ2v) is 5.95. The number of benzene rings is 1. The van der Waals surface area contributed by atoms with Crippen LogP contribution < -0.4 is 4.90 Å². The molecule has 108 valence electrons. The Morgan fingerprint density at radius 2 is 2.10 bits per heavy atom. The Kier molecular flexibility index (Phi) is 3.09. The lowest BCUT2D eigenvalue weighted by Gasteiger charge is -2.49. The monoisotopic (exact) mass is 276 g/mol. The highest BCUT2D eigenvalue weighted by molar-refractivity contribution is 5.81. The van der Waals surface area contributed by atoms with Gasteiger partial charge >= 0.3 is 5.97 Å². The summed E-state index contributed by atoms with van der Waals surface area (Å²) in [6.45, 7) is 1.78. The fourth-order valence-electron chi connectivity index (χ4n) is 3.77. The minimum Gasteiger partial charge on any atom is -0.508 e. The second kappa shape index (κ2) is 4.66. The molecule has 2 aliphatic heterocycles. The van der Waals surface area contributed by atoms with Crippen LogP contribution in [0.5, 0.6) is 5.75 Å². The Labute approximate surface area is 118 Å². The molecule has 2 aliphatic rings. The average molecular weight is 276 g/mol. The molecule has 0 aromatic heterocycles. The lowest BCUT2D eigenvalue weighted by molar-refractivity contribution is -0.141. The fourth-order valence-corrected chi connectivity index (χ4v) is 3.77. The molecular weight excluding hydrogens is 256 g/mol. The van der Waals surface area contributed by atoms with Crippen molar-refractivity contribution < 1.29 is 15.0 Å². The van der Waals surface area contributed by atoms with Crippen molar-refractivity contribution in [1.29, 1.82) is 0 Å². The molecular formula is C15H20N2O3. The van der Waals surface area contributed by atoms with Crippen LogP contribution in [0.15, 0.2) is 18.2 Å². The summed E-state index contributed by atoms with van der Waals surface area (Å²) in [5.41, 5.74) is 1.66. The third-order valence-corrected chi connectivity index (χ3v) is 4.74. The third kappa shape index (κ3) is 1.93. The van der Waals surface area contributed by atoms with Gasteiger partial charge in [0.1, 0.15) is 5.75 Å². The van der Waals surface area contributed by atoms with Crippen molar-refractivity contribution in [2.24, 2.45) is 5.92 Å². The van der Waals surface area contributed by atoms with E-state index in [9.17, 15) is 15.0 Å². The molecule has 5 heteroatoms. The number of nitrogens with zero attached hydrogens (tertiary/aromatic N) is 2. The van der Waals surface area contributed by atoms with Crippen LogP contribution in [0.25, 0.3) is 0 Å². The van der Waals surface area contributed by atoms with Crippen molar-refractivity contribution in [1.82, 2.24) is 4.90 Å². The number of carbonyl (C=O) groups is 1. The summed E-state index contributed by atoms with van der Waals surface area (Å²) < 4.78 is 0. The van der Waals surface area contributed by atoms with Gasteiger partial charge in [0.05, 0.1) is 5.92 Å². The number of aliphatic carboxylic acids is 1. The number of carboxylic acids is 1. The molecule has 3 rings (SSSR count). The Hall–Kier alpha value is -1.75. The van der Waals surface area contributed by atoms with Crippen LogP contribution in [0.4, 0.5) is 5.69 Å². The highest BCUT2D eigenvalue weighted by Gasteiger charge is 2.45. The summed E-state index contributed by atoms with van der Waals surface area (Å²) >= 11 is 0. The first-order chi connectivity index (χ1) is 9.49. The molecule has 1 fully saturated rings. The van der Waals surface area contributed by atoms with Gasteiger partial charge in [0, 0.05) is 37.3 Å². The maximum atomic E-state index is 11.8. The number of anilines is 1. The van der Waals surface area contributed by atoms with Crippen molar-refractivity contribution in [2.45, 2.75) is 18.4 Å². The smallest absolute Gasteiger partial charge is 0.311 e. The molecule has 0 aliphatic carbocycles. The number of likely N-dealkylation sites (tertiary alicyclic amines) is 1. The lowest BCUT2D eigenvalue weighted by atomic mass is 9.73. The van der Waals surface area contributed by atoms with E-state index in [1.54, 1.807) is 18.2 Å². The molecule has 2 N–H and O–H groups in total. The highest BCUT2D eigenvalue weighted by atomic mass is 16.4. The van der Waals surface area contributed by atoms with Crippen LogP contribution >= 0.6 is 0 Å². The number of piperidine rings is 1. The summed E-state index contributed by atoms with van der Waals surface area (Å²) in [6, 6.07) is 5.24. The molecule has 0 bridgehead atoms. The van der Waals surface area contributed by atoms with E-state index in [4.69, 9.17) is 0 Å². The van der Waals surface area contributed by atoms with Gasteiger partial charge in [-0.1, -0.05) is 6.07 Å². The maximum Gasteiger partial charge on any atom is 0.311 e. The molecule has 1 aromatic carbocycles. The quantitative estimate of drug-likeness (QED) is 0.810. The molecule has 0 amide bonds. The van der Waals surface area contributed by atoms with Crippen LogP contribution in [0.2, 0.25) is 0 Å². The zero-order chi connectivity index (χ0) is 14.4. The van der Waals surface area contributed by atoms with Crippen LogP contribution in [0.1, 0.15) is 17.9 Å². The Morgan fingerprint density at radius 3 is 2.80 bits per heavy atom. The van der Waals surface area contributed by atoms with Gasteiger partial charge in [0.15, 0.2) is 0 Å². The van der Waals surface area contributed by atoms with E-state index in [0.29, 0.717) is 0 Å². The van der Waals surface area contributed by atoms with Gasteiger partial charge in [-0.2, -0.15) is 0 Å². The topological polar surface area (TPSA) is 64.0 Å². The zero-order valence-corrected chi connectivity index (χ0v) is 11.8. The first kappa shape index (κ1) is 13.2. The van der Waals surface area contributed by atoms with Gasteiger partial charge in [-0.25, -0.2) is 0 Å². The number of hydrogen-bond acceptors (Lipinski definition) is 4. The Morgan fingerprint density at radius 1 is 1.35 bits per heavy atom. The number of aromatic hydroxyl groups is 1. The standard InChI is InChI=1S/C15H20N2O3/c1-16-6-5-12-11(8-16)14(15(19)20)10-4-3-9(18)7-13(10)17(12)2/h3-4,7,11-12,14,18H,5-6,8H2,1-2H3,(H,19,20). The first-order valence-electron chi connectivity index (χ1n) is 6.96. The molecule has 0 saturated carbocycles. The predicted molar refractivity (Wildman–Crippen MR) is 76.3 cm³/mol. The summed E-state index contributed by atoms with van der Waals surface area (Å²) in [4.78, 5) is 16.1. The molecule has 2 heterocycles. The van der Waals surface area contributed by atoms with Gasteiger partial charge in [0.25, 0.3) is 0 Å². The summed E-state index contributed by atoms with van der Waals surface area (Å²) in [6.07, 6.45) is 0.955. The Balaban J connectivity index is 2.11. The van der Waals surface area contributed by atoms with Gasteiger partial charge < -0.3 is 20.0 Å². The summed E-state index contributed by atoms with van der Waals surface area (Å²) in [5, 5.41) is 19.4. The molecule has 0 spiro atoms. The zero-order valence-electron chi connectivity index (χ0n) is 11.8. The summed E-state index contributed by atoms with van der Waals surface area (Å²) in [7, 11) is 4.04. The normalized spacial score (nSPS) is 29.7. The average Bonchev–Trinajstić information content (AvgIpc) is 2.39. The van der Waals surface area contributed by atoms with E-state index >= 15 is 0 Å². The number of hydrogen-bond donors (Lipinski definition) is 2. The predicted octanol–water partition coefficient (Wildman–Crippen LogP) is 1.33. The lowest BCUT2D eigenvalue weighted by Crippen LogP contribution is -2.55. The molecule has 1 aromatic rings. The van der Waals surface area contributed by atoms with Crippen molar-refractivity contribution in [3.05, 3.63) is 23.8 Å². The molecule has 3 unspecified atom stereocenters. The van der Waals surface area contributed by atoms with Crippen molar-refractivity contribution >= 4 is 11.7 Å². The Bertz CT molecular complexity index is 546. The van der Waals surface area contributed by atoms with Crippen LogP contribution in [-0.2, 0) is 4.79 Å². The number of phenols is 1. The van der Waals surface area contributed by atoms with Gasteiger partial charge in [-0.3, -0.25) is 4.79 Å². The summed E-state index contributed by atoms with van der Waals surface area (Å²) in [5.74, 6) is -0.982. The van der Waals surface area contributed by atoms with Crippen molar-refractivity contribution in [2.75, 3.05) is 32.1 Å². The van der Waals surface area contributed by atoms with Crippen molar-refractivity contribution in [3.63, 3.8) is 0 Å². The van der Waals surface area contributed by atoms with E-state index in [-0.39, 0.29) is 17.7 Å². The number of carboxylic acid groups (broad SMARTS) is 1. The van der Waals surface area contributed by atoms with Gasteiger partial charge in [-0.15, -0.1) is 0 Å². The minimum atomic E-state index is -0.768. The maximum absolute atomic E-state index is 11.8. The SMILES string of the molecule is CN1CCC2C(C1)C(C(=O)O)c1ccc(O)cc1N2C. The van der Waals surface area contributed by atoms with E-state index in [1.807, 2.05) is 14.1 Å². The molecule has 20 heavy (non-hydrogen) atoms. The number of phenolic OH excluding ortho intramolecular Hbond substituents is 1. The largest absolute Gasteiger partial charge is 0.508 e. The number of fused-ring (bicyclic) bond motifs is 2. The van der Waals surface area contributed by atoms with E-state index < -0.39 is 11.9 Å². The van der Waals surface area contributed by atoms with Crippen LogP contribution in [0.3, 0.4) is 0 Å². The molecule has 5 nitrogen and oxygen atoms in total. The van der Waals surface area contributed by atoms with Gasteiger partial charge in [0.2, 0.25) is 0 Å². The fraction of sp³-hybridized carbons (Fsp3) is 0.533. The van der Waals surface area contributed by atoms with E-state index in [1.165, 1.54) is 0 Å². The van der Waals surface area contributed by atoms with Gasteiger partial charge in [-0.05, 0) is 31.6 Å². The van der Waals surface area contributed by atoms with E-state index in [0.717, 1.165) is 30.8 Å². The van der Waals surface area contributed by atoms with Crippen LogP contribution in [-0.4, -0.2) is 54.3 Å². The third-order valence-electron chi connectivity index (χ3n) is 4.74. The minimum absolute atomic E-state index is 0.0910. The van der Waals surface area contributed by atoms with Crippen LogP contribution in [0, 0.1) is 5.92 Å². The highest BCUT2D eigenvalue weighted by Crippen LogP contribution is 2.45.